The molecule has 84 valence electrons. The summed E-state index contributed by atoms with van der Waals surface area (Å²) in [5.41, 5.74) is 2.30. The quantitative estimate of drug-likeness (QED) is 0.804. The van der Waals surface area contributed by atoms with Gasteiger partial charge in [0.15, 0.2) is 0 Å². The summed E-state index contributed by atoms with van der Waals surface area (Å²) in [6.07, 6.45) is 0. The Morgan fingerprint density at radius 3 is 3.00 bits per heavy atom. The van der Waals surface area contributed by atoms with E-state index in [0.29, 0.717) is 13.2 Å². The average Bonchev–Trinajstić information content (AvgIpc) is 2.18. The number of rotatable bonds is 5. The number of carbonyl (C=O) groups excluding carboxylic acids is 1. The van der Waals surface area contributed by atoms with Gasteiger partial charge in [-0.25, -0.2) is 0 Å². The van der Waals surface area contributed by atoms with E-state index in [1.54, 1.807) is 0 Å². The second kappa shape index (κ2) is 6.19. The van der Waals surface area contributed by atoms with E-state index in [-0.39, 0.29) is 13.9 Å². The zero-order chi connectivity index (χ0) is 11.1. The number of benzene rings is 1. The summed E-state index contributed by atoms with van der Waals surface area (Å²) in [6, 6.07) is 8.07. The first kappa shape index (κ1) is 11.7. The highest BCUT2D eigenvalue weighted by molar-refractivity contribution is 5.77. The molecule has 0 bridgehead atoms. The first-order chi connectivity index (χ1) is 7.22. The molecule has 0 aromatic heterocycles. The molecule has 0 fully saturated rings. The number of ether oxygens (including phenoxy) is 1. The summed E-state index contributed by atoms with van der Waals surface area (Å²) < 4.78 is 5.28. The number of amides is 1. The van der Waals surface area contributed by atoms with Crippen LogP contribution in [0.2, 0.25) is 0 Å². The highest BCUT2D eigenvalue weighted by Gasteiger charge is 1.99. The van der Waals surface area contributed by atoms with Crippen molar-refractivity contribution >= 4 is 5.91 Å². The van der Waals surface area contributed by atoms with Crippen LogP contribution in [0.4, 0.5) is 0 Å². The van der Waals surface area contributed by atoms with Gasteiger partial charge in [-0.1, -0.05) is 29.8 Å². The Labute approximate surface area is 91.9 Å². The Kier molecular flexibility index (Phi) is 4.84. The molecule has 0 atom stereocenters. The molecule has 0 saturated heterocycles. The van der Waals surface area contributed by atoms with E-state index in [1.165, 1.54) is 5.56 Å². The normalized spacial score (nSPS) is 10.0. The molecule has 3 heteroatoms. The first-order valence-electron chi connectivity index (χ1n) is 5.12. The van der Waals surface area contributed by atoms with E-state index >= 15 is 0 Å². The lowest BCUT2D eigenvalue weighted by Crippen LogP contribution is -2.27. The van der Waals surface area contributed by atoms with E-state index in [1.807, 2.05) is 32.0 Å². The molecule has 15 heavy (non-hydrogen) atoms. The van der Waals surface area contributed by atoms with Gasteiger partial charge in [-0.3, -0.25) is 4.79 Å². The van der Waals surface area contributed by atoms with Gasteiger partial charge in [0, 0.05) is 7.97 Å². The molecule has 0 heterocycles. The molecule has 1 aromatic rings. The van der Waals surface area contributed by atoms with Gasteiger partial charge in [0.05, 0.1) is 6.61 Å². The van der Waals surface area contributed by atoms with E-state index in [2.05, 4.69) is 11.4 Å². The Morgan fingerprint density at radius 1 is 1.53 bits per heavy atom. The predicted octanol–water partition coefficient (Wildman–Crippen LogP) is 1.89. The minimum absolute atomic E-state index is 0. The van der Waals surface area contributed by atoms with Gasteiger partial charge in [0.2, 0.25) is 5.91 Å². The molecule has 0 unspecified atom stereocenters. The molecule has 0 spiro atoms. The van der Waals surface area contributed by atoms with Crippen molar-refractivity contribution in [2.75, 3.05) is 13.2 Å². The van der Waals surface area contributed by atoms with Gasteiger partial charge in [0.25, 0.3) is 0 Å². The number of carbonyl (C=O) groups is 1. The molecule has 3 nitrogen and oxygen atoms in total. The van der Waals surface area contributed by atoms with Crippen LogP contribution in [0.15, 0.2) is 24.3 Å². The third-order valence-electron chi connectivity index (χ3n) is 1.96. The van der Waals surface area contributed by atoms with Crippen molar-refractivity contribution in [2.24, 2.45) is 0 Å². The lowest BCUT2D eigenvalue weighted by Gasteiger charge is -2.05. The molecular weight excluding hydrogens is 190 g/mol. The number of hydrogen-bond donors (Lipinski definition) is 1. The Balaban J connectivity index is 0.00000225. The zero-order valence-electron chi connectivity index (χ0n) is 9.25. The molecule has 1 amide bonds. The fraction of sp³-hybridized carbons (Fsp3) is 0.417. The van der Waals surface area contributed by atoms with Crippen LogP contribution in [0.5, 0.6) is 0 Å². The molecule has 1 aromatic carbocycles. The molecule has 0 radical (unpaired) electrons. The fourth-order valence-electron chi connectivity index (χ4n) is 1.31. The van der Waals surface area contributed by atoms with Crippen molar-refractivity contribution in [1.29, 1.82) is 0 Å². The summed E-state index contributed by atoms with van der Waals surface area (Å²) in [7, 11) is 0. The van der Waals surface area contributed by atoms with Crippen molar-refractivity contribution in [1.82, 2.24) is 5.32 Å². The maximum Gasteiger partial charge on any atom is 0.246 e. The largest absolute Gasteiger partial charge is 0.367 e. The van der Waals surface area contributed by atoms with Gasteiger partial charge in [-0.15, -0.1) is 0 Å². The summed E-state index contributed by atoms with van der Waals surface area (Å²) in [5.74, 6) is -0.0647. The third-order valence-corrected chi connectivity index (χ3v) is 1.96. The van der Waals surface area contributed by atoms with Crippen LogP contribution < -0.4 is 5.32 Å². The van der Waals surface area contributed by atoms with Crippen LogP contribution in [-0.4, -0.2) is 19.1 Å². The van der Waals surface area contributed by atoms with E-state index in [4.69, 9.17) is 4.74 Å². The van der Waals surface area contributed by atoms with Crippen LogP contribution in [-0.2, 0) is 16.1 Å². The minimum atomic E-state index is -0.0647. The topological polar surface area (TPSA) is 38.3 Å². The lowest BCUT2D eigenvalue weighted by molar-refractivity contribution is -0.125. The first-order valence-corrected chi connectivity index (χ1v) is 5.12. The van der Waals surface area contributed by atoms with Crippen LogP contribution in [0.3, 0.4) is 0 Å². The van der Waals surface area contributed by atoms with E-state index in [0.717, 1.165) is 5.56 Å². The summed E-state index contributed by atoms with van der Waals surface area (Å²) in [5, 5.41) is 2.68. The number of likely N-dealkylation sites (N-methyl/N-ethyl adjacent to an activating group) is 1. The summed E-state index contributed by atoms with van der Waals surface area (Å²) in [6.45, 7) is 5.18. The van der Waals surface area contributed by atoms with Gasteiger partial charge >= 0.3 is 0 Å². The van der Waals surface area contributed by atoms with Crippen molar-refractivity contribution in [2.45, 2.75) is 20.5 Å². The van der Waals surface area contributed by atoms with Crippen LogP contribution in [0.25, 0.3) is 0 Å². The summed E-state index contributed by atoms with van der Waals surface area (Å²) in [4.78, 5) is 11.1. The molecular formula is C12H19NO2. The zero-order valence-corrected chi connectivity index (χ0v) is 9.25. The minimum Gasteiger partial charge on any atom is -0.367 e. The van der Waals surface area contributed by atoms with Gasteiger partial charge in [-0.05, 0) is 19.4 Å². The highest BCUT2D eigenvalue weighted by Crippen LogP contribution is 2.04. The van der Waals surface area contributed by atoms with Gasteiger partial charge in [0.1, 0.15) is 6.61 Å². The van der Waals surface area contributed by atoms with Crippen LogP contribution in [0.1, 0.15) is 19.5 Å². The highest BCUT2D eigenvalue weighted by atomic mass is 16.5. The molecule has 0 aliphatic carbocycles. The fourth-order valence-corrected chi connectivity index (χ4v) is 1.31. The molecule has 1 N–H and O–H groups in total. The number of aryl methyl sites for hydroxylation is 1. The second-order valence-electron chi connectivity index (χ2n) is 3.44. The molecule has 0 saturated carbocycles. The Morgan fingerprint density at radius 2 is 2.33 bits per heavy atom. The number of hydrogen-bond acceptors (Lipinski definition) is 2. The third kappa shape index (κ3) is 4.61. The predicted molar refractivity (Wildman–Crippen MR) is 61.6 cm³/mol. The standard InChI is InChI=1S/C12H17NO2.H2/c1-3-13-12(14)9-15-8-11-6-4-5-10(2)7-11;/h4-7H,3,8-9H2,1-2H3,(H,13,14);1H. The molecule has 0 aliphatic rings. The molecule has 1 rings (SSSR count). The van der Waals surface area contributed by atoms with Crippen molar-refractivity contribution in [3.63, 3.8) is 0 Å². The number of nitrogens with one attached hydrogen (secondary N) is 1. The second-order valence-corrected chi connectivity index (χ2v) is 3.44. The smallest absolute Gasteiger partial charge is 0.246 e. The van der Waals surface area contributed by atoms with Crippen molar-refractivity contribution in [3.8, 4) is 0 Å². The van der Waals surface area contributed by atoms with E-state index in [9.17, 15) is 4.79 Å². The van der Waals surface area contributed by atoms with Crippen LogP contribution >= 0.6 is 0 Å². The summed E-state index contributed by atoms with van der Waals surface area (Å²) >= 11 is 0. The Hall–Kier alpha value is -1.35. The maximum absolute atomic E-state index is 11.1. The lowest BCUT2D eigenvalue weighted by atomic mass is 10.1. The Bertz CT molecular complexity index is 329. The molecule has 0 aliphatic heterocycles. The maximum atomic E-state index is 11.1. The SMILES string of the molecule is CCNC(=O)COCc1cccc(C)c1.[HH]. The van der Waals surface area contributed by atoms with Crippen molar-refractivity contribution in [3.05, 3.63) is 35.4 Å². The van der Waals surface area contributed by atoms with Gasteiger partial charge in [-0.2, -0.15) is 0 Å². The van der Waals surface area contributed by atoms with Gasteiger partial charge < -0.3 is 10.1 Å². The monoisotopic (exact) mass is 209 g/mol. The van der Waals surface area contributed by atoms with Crippen molar-refractivity contribution < 1.29 is 11.0 Å². The van der Waals surface area contributed by atoms with Crippen LogP contribution in [0, 0.1) is 6.92 Å². The van der Waals surface area contributed by atoms with E-state index < -0.39 is 0 Å². The average molecular weight is 209 g/mol.